The number of unbranched alkanes of at least 4 members (excludes halogenated alkanes) is 2. The Bertz CT molecular complexity index is 774. The van der Waals surface area contributed by atoms with Crippen molar-refractivity contribution in [2.75, 3.05) is 13.7 Å². The maximum Gasteiger partial charge on any atom is 0.0490 e. The molecule has 0 amide bonds. The van der Waals surface area contributed by atoms with Gasteiger partial charge in [-0.25, -0.2) is 0 Å². The van der Waals surface area contributed by atoms with Crippen LogP contribution in [0, 0.1) is 11.8 Å². The maximum atomic E-state index is 5.36. The average Bonchev–Trinajstić information content (AvgIpc) is 2.86. The molecule has 2 aliphatic carbocycles. The van der Waals surface area contributed by atoms with Crippen LogP contribution in [0.5, 0.6) is 0 Å². The smallest absolute Gasteiger partial charge is 0.0490 e. The predicted octanol–water partition coefficient (Wildman–Crippen LogP) is 9.13. The second-order valence-electron chi connectivity index (χ2n) is 10.6. The van der Waals surface area contributed by atoms with E-state index >= 15 is 0 Å². The van der Waals surface area contributed by atoms with E-state index in [0.717, 1.165) is 30.3 Å². The van der Waals surface area contributed by atoms with Crippen LogP contribution in [0.15, 0.2) is 48.5 Å². The number of methoxy groups -OCH3 is 1. The van der Waals surface area contributed by atoms with Crippen LogP contribution >= 0.6 is 0 Å². The van der Waals surface area contributed by atoms with Crippen LogP contribution in [0.4, 0.5) is 0 Å². The van der Waals surface area contributed by atoms with E-state index in [1.807, 2.05) is 7.11 Å². The van der Waals surface area contributed by atoms with Gasteiger partial charge in [0, 0.05) is 13.7 Å². The first kappa shape index (κ1) is 23.6. The van der Waals surface area contributed by atoms with Crippen LogP contribution in [0.25, 0.3) is 11.1 Å². The van der Waals surface area contributed by atoms with Crippen LogP contribution in [0.1, 0.15) is 107 Å². The molecular formula is C31H44O. The summed E-state index contributed by atoms with van der Waals surface area (Å²) in [4.78, 5) is 0. The summed E-state index contributed by atoms with van der Waals surface area (Å²) in [6.45, 7) is 3.24. The molecule has 2 saturated carbocycles. The Morgan fingerprint density at radius 2 is 1.09 bits per heavy atom. The summed E-state index contributed by atoms with van der Waals surface area (Å²) in [6, 6.07) is 19.0. The van der Waals surface area contributed by atoms with Crippen LogP contribution < -0.4 is 0 Å². The molecule has 0 aliphatic heterocycles. The first-order valence-corrected chi connectivity index (χ1v) is 13.5. The number of ether oxygens (including phenoxy) is 1. The highest BCUT2D eigenvalue weighted by molar-refractivity contribution is 5.64. The normalized spacial score (nSPS) is 26.2. The summed E-state index contributed by atoms with van der Waals surface area (Å²) in [5, 5.41) is 0. The lowest BCUT2D eigenvalue weighted by molar-refractivity contribution is 0.127. The van der Waals surface area contributed by atoms with Gasteiger partial charge in [-0.15, -0.1) is 0 Å². The first-order chi connectivity index (χ1) is 15.8. The second-order valence-corrected chi connectivity index (χ2v) is 10.6. The molecule has 0 radical (unpaired) electrons. The summed E-state index contributed by atoms with van der Waals surface area (Å²) >= 11 is 0. The zero-order chi connectivity index (χ0) is 22.2. The lowest BCUT2D eigenvalue weighted by Gasteiger charge is -2.29. The quantitative estimate of drug-likeness (QED) is 0.359. The summed E-state index contributed by atoms with van der Waals surface area (Å²) in [5.74, 6) is 3.27. The van der Waals surface area contributed by atoms with E-state index in [1.165, 1.54) is 93.7 Å². The van der Waals surface area contributed by atoms with E-state index in [-0.39, 0.29) is 0 Å². The molecule has 32 heavy (non-hydrogen) atoms. The Hall–Kier alpha value is -1.60. The molecule has 1 nitrogen and oxygen atoms in total. The molecule has 2 aliphatic rings. The lowest BCUT2D eigenvalue weighted by atomic mass is 9.77. The maximum absolute atomic E-state index is 5.36. The van der Waals surface area contributed by atoms with Gasteiger partial charge in [0.2, 0.25) is 0 Å². The van der Waals surface area contributed by atoms with Gasteiger partial charge in [0.1, 0.15) is 0 Å². The van der Waals surface area contributed by atoms with E-state index in [1.54, 1.807) is 5.56 Å². The molecule has 0 atom stereocenters. The van der Waals surface area contributed by atoms with E-state index in [0.29, 0.717) is 0 Å². The van der Waals surface area contributed by atoms with E-state index in [2.05, 4.69) is 55.5 Å². The van der Waals surface area contributed by atoms with E-state index in [9.17, 15) is 0 Å². The Morgan fingerprint density at radius 1 is 0.625 bits per heavy atom. The third kappa shape index (κ3) is 6.25. The minimum Gasteiger partial charge on any atom is -0.384 e. The van der Waals surface area contributed by atoms with Crippen LogP contribution in [-0.4, -0.2) is 13.7 Å². The van der Waals surface area contributed by atoms with Crippen LogP contribution in [-0.2, 0) is 4.74 Å². The predicted molar refractivity (Wildman–Crippen MR) is 137 cm³/mol. The zero-order valence-corrected chi connectivity index (χ0v) is 20.5. The van der Waals surface area contributed by atoms with E-state index < -0.39 is 0 Å². The number of hydrogen-bond donors (Lipinski definition) is 0. The van der Waals surface area contributed by atoms with Crippen LogP contribution in [0.2, 0.25) is 0 Å². The van der Waals surface area contributed by atoms with Crippen molar-refractivity contribution in [1.82, 2.24) is 0 Å². The average molecular weight is 433 g/mol. The van der Waals surface area contributed by atoms with Crippen molar-refractivity contribution in [2.45, 2.75) is 95.8 Å². The molecule has 0 N–H and O–H groups in total. The van der Waals surface area contributed by atoms with Gasteiger partial charge in [-0.05, 0) is 97.3 Å². The lowest BCUT2D eigenvalue weighted by Crippen LogP contribution is -2.17. The largest absolute Gasteiger partial charge is 0.384 e. The molecule has 0 saturated heterocycles. The molecule has 0 unspecified atom stereocenters. The zero-order valence-electron chi connectivity index (χ0n) is 20.5. The minimum atomic E-state index is 0.733. The Kier molecular flexibility index (Phi) is 8.85. The first-order valence-electron chi connectivity index (χ1n) is 13.5. The van der Waals surface area contributed by atoms with Crippen molar-refractivity contribution in [3.63, 3.8) is 0 Å². The van der Waals surface area contributed by atoms with Crippen molar-refractivity contribution in [1.29, 1.82) is 0 Å². The monoisotopic (exact) mass is 432 g/mol. The van der Waals surface area contributed by atoms with Gasteiger partial charge in [0.15, 0.2) is 0 Å². The molecule has 0 heterocycles. The van der Waals surface area contributed by atoms with Gasteiger partial charge >= 0.3 is 0 Å². The third-order valence-corrected chi connectivity index (χ3v) is 8.41. The minimum absolute atomic E-state index is 0.733. The fourth-order valence-corrected chi connectivity index (χ4v) is 6.26. The van der Waals surface area contributed by atoms with Crippen LogP contribution in [0.3, 0.4) is 0 Å². The summed E-state index contributed by atoms with van der Waals surface area (Å²) < 4.78 is 5.36. The molecule has 2 fully saturated rings. The standard InChI is InChI=1S/C31H44O/c1-3-4-5-6-24-7-11-26(12-8-24)28-15-19-30(20-16-28)31-21-17-29(18-22-31)27-13-9-25(10-14-27)23-32-2/h15-22,24-27H,3-14,23H2,1-2H3. The molecule has 0 bridgehead atoms. The molecule has 2 aromatic rings. The molecular weight excluding hydrogens is 388 g/mol. The SMILES string of the molecule is CCCCCC1CCC(c2ccc(-c3ccc(C4CCC(COC)CC4)cc3)cc2)CC1. The molecule has 0 aromatic heterocycles. The van der Waals surface area contributed by atoms with Crippen molar-refractivity contribution in [3.8, 4) is 11.1 Å². The van der Waals surface area contributed by atoms with Gasteiger partial charge in [0.25, 0.3) is 0 Å². The Labute approximate surface area is 197 Å². The van der Waals surface area contributed by atoms with Gasteiger partial charge in [-0.2, -0.15) is 0 Å². The summed E-state index contributed by atoms with van der Waals surface area (Å²) in [6.07, 6.45) is 16.5. The van der Waals surface area contributed by atoms with Gasteiger partial charge < -0.3 is 4.74 Å². The molecule has 1 heteroatoms. The Morgan fingerprint density at radius 3 is 1.53 bits per heavy atom. The van der Waals surface area contributed by atoms with Crippen molar-refractivity contribution >= 4 is 0 Å². The Balaban J connectivity index is 1.29. The fourth-order valence-electron chi connectivity index (χ4n) is 6.26. The number of hydrogen-bond acceptors (Lipinski definition) is 1. The summed E-state index contributed by atoms with van der Waals surface area (Å²) in [7, 11) is 1.83. The topological polar surface area (TPSA) is 9.23 Å². The van der Waals surface area contributed by atoms with Gasteiger partial charge in [-0.3, -0.25) is 0 Å². The van der Waals surface area contributed by atoms with Gasteiger partial charge in [-0.1, -0.05) is 81.1 Å². The molecule has 0 spiro atoms. The second kappa shape index (κ2) is 12.0. The fraction of sp³-hybridized carbons (Fsp3) is 0.613. The third-order valence-electron chi connectivity index (χ3n) is 8.41. The van der Waals surface area contributed by atoms with Crippen molar-refractivity contribution < 1.29 is 4.74 Å². The van der Waals surface area contributed by atoms with E-state index in [4.69, 9.17) is 4.74 Å². The number of rotatable bonds is 9. The highest BCUT2D eigenvalue weighted by Gasteiger charge is 2.23. The highest BCUT2D eigenvalue weighted by Crippen LogP contribution is 2.39. The number of benzene rings is 2. The van der Waals surface area contributed by atoms with Crippen molar-refractivity contribution in [3.05, 3.63) is 59.7 Å². The summed E-state index contributed by atoms with van der Waals surface area (Å²) in [5.41, 5.74) is 5.80. The molecule has 4 rings (SSSR count). The molecule has 174 valence electrons. The van der Waals surface area contributed by atoms with Gasteiger partial charge in [0.05, 0.1) is 0 Å². The van der Waals surface area contributed by atoms with Crippen molar-refractivity contribution in [2.24, 2.45) is 11.8 Å². The molecule has 2 aromatic carbocycles. The highest BCUT2D eigenvalue weighted by atomic mass is 16.5.